The zero-order valence-electron chi connectivity index (χ0n) is 7.14. The van der Waals surface area contributed by atoms with Gasteiger partial charge in [0.25, 0.3) is 0 Å². The molecule has 2 heteroatoms. The van der Waals surface area contributed by atoms with Crippen LogP contribution in [0, 0.1) is 5.92 Å². The molecule has 0 amide bonds. The van der Waals surface area contributed by atoms with Gasteiger partial charge in [-0.25, -0.2) is 0 Å². The molecule has 0 aromatic rings. The molecule has 1 aliphatic carbocycles. The topological polar surface area (TPSA) is 18.5 Å². The molecule has 1 aliphatic heterocycles. The lowest BCUT2D eigenvalue weighted by Crippen LogP contribution is -2.56. The maximum atomic E-state index is 5.53. The van der Waals surface area contributed by atoms with Crippen molar-refractivity contribution in [2.45, 2.75) is 31.3 Å². The van der Waals surface area contributed by atoms with E-state index in [9.17, 15) is 0 Å². The molecular weight excluding hydrogens is 140 g/mol. The molecule has 0 spiro atoms. The first kappa shape index (κ1) is 7.56. The summed E-state index contributed by atoms with van der Waals surface area (Å²) in [6.45, 7) is 1.66. The van der Waals surface area contributed by atoms with Gasteiger partial charge in [0.2, 0.25) is 0 Å². The van der Waals surface area contributed by atoms with Crippen molar-refractivity contribution in [1.82, 2.24) is 0 Å². The fraction of sp³-hybridized carbons (Fsp3) is 1.00. The smallest absolute Gasteiger partial charge is 0.117 e. The number of methoxy groups -OCH3 is 1. The molecule has 1 saturated carbocycles. The van der Waals surface area contributed by atoms with Crippen molar-refractivity contribution in [1.29, 1.82) is 0 Å². The second-order valence-electron chi connectivity index (χ2n) is 3.74. The Balaban J connectivity index is 1.99. The molecule has 0 aromatic carbocycles. The van der Waals surface area contributed by atoms with E-state index in [1.807, 2.05) is 7.11 Å². The van der Waals surface area contributed by atoms with Gasteiger partial charge in [-0.3, -0.25) is 0 Å². The molecule has 1 heterocycles. The van der Waals surface area contributed by atoms with Gasteiger partial charge >= 0.3 is 0 Å². The molecule has 0 atom stereocenters. The van der Waals surface area contributed by atoms with E-state index in [-0.39, 0.29) is 5.60 Å². The van der Waals surface area contributed by atoms with Gasteiger partial charge in [0, 0.05) is 7.11 Å². The molecule has 0 aromatic heterocycles. The van der Waals surface area contributed by atoms with Crippen molar-refractivity contribution in [3.05, 3.63) is 0 Å². The van der Waals surface area contributed by atoms with Crippen molar-refractivity contribution < 1.29 is 9.47 Å². The lowest BCUT2D eigenvalue weighted by atomic mass is 9.84. The van der Waals surface area contributed by atoms with Crippen molar-refractivity contribution in [3.8, 4) is 0 Å². The molecular formula is C9H16O2. The van der Waals surface area contributed by atoms with Gasteiger partial charge in [-0.15, -0.1) is 0 Å². The number of rotatable bonds is 2. The van der Waals surface area contributed by atoms with Crippen LogP contribution >= 0.6 is 0 Å². The Labute approximate surface area is 67.9 Å². The van der Waals surface area contributed by atoms with Gasteiger partial charge in [0.15, 0.2) is 0 Å². The van der Waals surface area contributed by atoms with E-state index in [1.165, 1.54) is 25.7 Å². The van der Waals surface area contributed by atoms with Gasteiger partial charge in [0.1, 0.15) is 5.60 Å². The lowest BCUT2D eigenvalue weighted by Gasteiger charge is -2.44. The summed E-state index contributed by atoms with van der Waals surface area (Å²) in [6.07, 6.45) is 5.46. The maximum Gasteiger partial charge on any atom is 0.117 e. The molecule has 0 radical (unpaired) electrons. The Morgan fingerprint density at radius 2 is 1.91 bits per heavy atom. The zero-order valence-corrected chi connectivity index (χ0v) is 7.14. The molecule has 2 rings (SSSR count). The monoisotopic (exact) mass is 156 g/mol. The molecule has 0 bridgehead atoms. The van der Waals surface area contributed by atoms with Crippen LogP contribution in [0.2, 0.25) is 0 Å². The molecule has 2 aliphatic rings. The average Bonchev–Trinajstić information content (AvgIpc) is 2.39. The second kappa shape index (κ2) is 2.76. The summed E-state index contributed by atoms with van der Waals surface area (Å²) in [6, 6.07) is 0. The van der Waals surface area contributed by atoms with Gasteiger partial charge in [-0.1, -0.05) is 12.8 Å². The molecule has 0 N–H and O–H groups in total. The predicted molar refractivity (Wildman–Crippen MR) is 42.5 cm³/mol. The Bertz CT molecular complexity index is 129. The van der Waals surface area contributed by atoms with Crippen LogP contribution in [-0.4, -0.2) is 25.9 Å². The lowest BCUT2D eigenvalue weighted by molar-refractivity contribution is -0.222. The summed E-state index contributed by atoms with van der Waals surface area (Å²) < 4.78 is 10.7. The van der Waals surface area contributed by atoms with Gasteiger partial charge in [0.05, 0.1) is 13.2 Å². The average molecular weight is 156 g/mol. The molecule has 64 valence electrons. The number of hydrogen-bond acceptors (Lipinski definition) is 2. The minimum Gasteiger partial charge on any atom is -0.375 e. The quantitative estimate of drug-likeness (QED) is 0.604. The van der Waals surface area contributed by atoms with E-state index in [4.69, 9.17) is 9.47 Å². The van der Waals surface area contributed by atoms with Gasteiger partial charge in [-0.2, -0.15) is 0 Å². The predicted octanol–water partition coefficient (Wildman–Crippen LogP) is 1.59. The van der Waals surface area contributed by atoms with E-state index < -0.39 is 0 Å². The third-order valence-electron chi connectivity index (χ3n) is 3.20. The summed E-state index contributed by atoms with van der Waals surface area (Å²) in [4.78, 5) is 0. The third-order valence-corrected chi connectivity index (χ3v) is 3.20. The summed E-state index contributed by atoms with van der Waals surface area (Å²) in [7, 11) is 1.82. The molecule has 2 nitrogen and oxygen atoms in total. The standard InChI is InChI=1S/C9H16O2/c1-10-9(6-11-7-9)8-4-2-3-5-8/h8H,2-7H2,1H3. The van der Waals surface area contributed by atoms with Crippen molar-refractivity contribution in [2.75, 3.05) is 20.3 Å². The second-order valence-corrected chi connectivity index (χ2v) is 3.74. The fourth-order valence-corrected chi connectivity index (χ4v) is 2.28. The SMILES string of the molecule is COC1(C2CCCC2)COC1. The number of ether oxygens (including phenoxy) is 2. The maximum absolute atomic E-state index is 5.53. The summed E-state index contributed by atoms with van der Waals surface area (Å²) in [5, 5.41) is 0. The van der Waals surface area contributed by atoms with E-state index >= 15 is 0 Å². The molecule has 11 heavy (non-hydrogen) atoms. The van der Waals surface area contributed by atoms with E-state index in [0.29, 0.717) is 0 Å². The van der Waals surface area contributed by atoms with Crippen molar-refractivity contribution in [2.24, 2.45) is 5.92 Å². The van der Waals surface area contributed by atoms with E-state index in [2.05, 4.69) is 0 Å². The highest BCUT2D eigenvalue weighted by atomic mass is 16.6. The third kappa shape index (κ3) is 1.09. The number of hydrogen-bond donors (Lipinski definition) is 0. The van der Waals surface area contributed by atoms with Crippen LogP contribution in [0.5, 0.6) is 0 Å². The van der Waals surface area contributed by atoms with Crippen LogP contribution in [0.15, 0.2) is 0 Å². The Morgan fingerprint density at radius 1 is 1.27 bits per heavy atom. The highest BCUT2D eigenvalue weighted by molar-refractivity contribution is 4.95. The molecule has 1 saturated heterocycles. The van der Waals surface area contributed by atoms with Crippen molar-refractivity contribution in [3.63, 3.8) is 0 Å². The van der Waals surface area contributed by atoms with Gasteiger partial charge < -0.3 is 9.47 Å². The summed E-state index contributed by atoms with van der Waals surface area (Å²) in [5.41, 5.74) is 0.122. The van der Waals surface area contributed by atoms with Crippen LogP contribution in [0.4, 0.5) is 0 Å². The Hall–Kier alpha value is -0.0800. The minimum absolute atomic E-state index is 0.122. The first-order chi connectivity index (χ1) is 5.37. The Morgan fingerprint density at radius 3 is 2.27 bits per heavy atom. The highest BCUT2D eigenvalue weighted by Gasteiger charge is 2.46. The van der Waals surface area contributed by atoms with Crippen LogP contribution < -0.4 is 0 Å². The first-order valence-corrected chi connectivity index (χ1v) is 4.50. The van der Waals surface area contributed by atoms with Crippen LogP contribution in [0.1, 0.15) is 25.7 Å². The van der Waals surface area contributed by atoms with Crippen LogP contribution in [-0.2, 0) is 9.47 Å². The minimum atomic E-state index is 0.122. The van der Waals surface area contributed by atoms with Gasteiger partial charge in [-0.05, 0) is 18.8 Å². The van der Waals surface area contributed by atoms with Crippen LogP contribution in [0.3, 0.4) is 0 Å². The largest absolute Gasteiger partial charge is 0.375 e. The first-order valence-electron chi connectivity index (χ1n) is 4.50. The van der Waals surface area contributed by atoms with E-state index in [0.717, 1.165) is 19.1 Å². The van der Waals surface area contributed by atoms with Crippen LogP contribution in [0.25, 0.3) is 0 Å². The normalized spacial score (nSPS) is 30.3. The molecule has 2 fully saturated rings. The Kier molecular flexibility index (Phi) is 1.90. The molecule has 0 unspecified atom stereocenters. The zero-order chi connectivity index (χ0) is 7.73. The van der Waals surface area contributed by atoms with E-state index in [1.54, 1.807) is 0 Å². The summed E-state index contributed by atoms with van der Waals surface area (Å²) >= 11 is 0. The highest BCUT2D eigenvalue weighted by Crippen LogP contribution is 2.40. The fourth-order valence-electron chi connectivity index (χ4n) is 2.28. The van der Waals surface area contributed by atoms with Crippen molar-refractivity contribution >= 4 is 0 Å². The summed E-state index contributed by atoms with van der Waals surface area (Å²) in [5.74, 6) is 0.779.